The molecule has 2 N–H and O–H groups in total. The lowest BCUT2D eigenvalue weighted by molar-refractivity contribution is 0.248. The van der Waals surface area contributed by atoms with Crippen molar-refractivity contribution in [2.24, 2.45) is 0 Å². The van der Waals surface area contributed by atoms with Gasteiger partial charge in [-0.15, -0.1) is 0 Å². The molecule has 5 nitrogen and oxygen atoms in total. The number of carbonyl (C=O) groups is 1. The number of benzene rings is 1. The third-order valence-corrected chi connectivity index (χ3v) is 2.32. The Labute approximate surface area is 98.8 Å². The summed E-state index contributed by atoms with van der Waals surface area (Å²) in [6.07, 6.45) is 1.47. The predicted octanol–water partition coefficient (Wildman–Crippen LogP) is 2.56. The SMILES string of the molecule is CC(NC(=O)Nc1ccno1)c1ccccc1. The second-order valence-corrected chi connectivity index (χ2v) is 3.61. The van der Waals surface area contributed by atoms with E-state index in [1.54, 1.807) is 6.07 Å². The van der Waals surface area contributed by atoms with Crippen molar-refractivity contribution in [2.45, 2.75) is 13.0 Å². The molecule has 2 rings (SSSR count). The molecule has 0 bridgehead atoms. The number of hydrogen-bond donors (Lipinski definition) is 2. The molecule has 2 amide bonds. The van der Waals surface area contributed by atoms with Crippen LogP contribution in [-0.2, 0) is 0 Å². The number of rotatable bonds is 3. The van der Waals surface area contributed by atoms with E-state index in [0.717, 1.165) is 5.56 Å². The molecule has 5 heteroatoms. The molecule has 88 valence electrons. The van der Waals surface area contributed by atoms with Gasteiger partial charge in [-0.05, 0) is 12.5 Å². The van der Waals surface area contributed by atoms with Crippen LogP contribution in [0.4, 0.5) is 10.7 Å². The first-order valence-electron chi connectivity index (χ1n) is 5.29. The van der Waals surface area contributed by atoms with Crippen LogP contribution >= 0.6 is 0 Å². The minimum atomic E-state index is -0.321. The number of anilines is 1. The second kappa shape index (κ2) is 5.16. The molecule has 0 saturated heterocycles. The van der Waals surface area contributed by atoms with Crippen LogP contribution in [0.1, 0.15) is 18.5 Å². The van der Waals surface area contributed by atoms with Crippen molar-refractivity contribution in [1.29, 1.82) is 0 Å². The summed E-state index contributed by atoms with van der Waals surface area (Å²) in [6.45, 7) is 1.91. The Balaban J connectivity index is 1.91. The molecule has 0 fully saturated rings. The largest absolute Gasteiger partial charge is 0.338 e. The normalized spacial score (nSPS) is 11.8. The van der Waals surface area contributed by atoms with Crippen molar-refractivity contribution in [2.75, 3.05) is 5.32 Å². The zero-order valence-electron chi connectivity index (χ0n) is 9.38. The van der Waals surface area contributed by atoms with Crippen LogP contribution in [0, 0.1) is 0 Å². The highest BCUT2D eigenvalue weighted by molar-refractivity contribution is 5.87. The maximum Gasteiger partial charge on any atom is 0.322 e. The van der Waals surface area contributed by atoms with Crippen molar-refractivity contribution in [1.82, 2.24) is 10.5 Å². The maximum atomic E-state index is 11.6. The fraction of sp³-hybridized carbons (Fsp3) is 0.167. The number of carbonyl (C=O) groups excluding carboxylic acids is 1. The van der Waals surface area contributed by atoms with Gasteiger partial charge in [0.05, 0.1) is 12.2 Å². The Morgan fingerprint density at radius 2 is 2.06 bits per heavy atom. The van der Waals surface area contributed by atoms with Gasteiger partial charge in [0, 0.05) is 6.07 Å². The number of nitrogens with one attached hydrogen (secondary N) is 2. The third-order valence-electron chi connectivity index (χ3n) is 2.32. The van der Waals surface area contributed by atoms with Crippen LogP contribution in [-0.4, -0.2) is 11.2 Å². The van der Waals surface area contributed by atoms with E-state index in [0.29, 0.717) is 5.88 Å². The molecule has 0 aliphatic rings. The summed E-state index contributed by atoms with van der Waals surface area (Å²) in [4.78, 5) is 11.6. The smallest absolute Gasteiger partial charge is 0.322 e. The summed E-state index contributed by atoms with van der Waals surface area (Å²) >= 11 is 0. The fourth-order valence-electron chi connectivity index (χ4n) is 1.45. The molecule has 1 heterocycles. The van der Waals surface area contributed by atoms with Crippen molar-refractivity contribution in [3.8, 4) is 0 Å². The Morgan fingerprint density at radius 3 is 2.71 bits per heavy atom. The van der Waals surface area contributed by atoms with Gasteiger partial charge in [-0.25, -0.2) is 4.79 Å². The number of hydrogen-bond acceptors (Lipinski definition) is 3. The molecule has 0 radical (unpaired) electrons. The Bertz CT molecular complexity index is 468. The van der Waals surface area contributed by atoms with Gasteiger partial charge < -0.3 is 9.84 Å². The van der Waals surface area contributed by atoms with Crippen LogP contribution in [0.2, 0.25) is 0 Å². The first kappa shape index (κ1) is 11.2. The summed E-state index contributed by atoms with van der Waals surface area (Å²) in [7, 11) is 0. The Hall–Kier alpha value is -2.30. The molecule has 1 aromatic heterocycles. The van der Waals surface area contributed by atoms with Crippen molar-refractivity contribution < 1.29 is 9.32 Å². The Morgan fingerprint density at radius 1 is 1.29 bits per heavy atom. The van der Waals surface area contributed by atoms with E-state index >= 15 is 0 Å². The predicted molar refractivity (Wildman–Crippen MR) is 63.5 cm³/mol. The van der Waals surface area contributed by atoms with Gasteiger partial charge in [0.1, 0.15) is 0 Å². The summed E-state index contributed by atoms with van der Waals surface area (Å²) in [5.74, 6) is 0.322. The van der Waals surface area contributed by atoms with Gasteiger partial charge in [0.25, 0.3) is 0 Å². The van der Waals surface area contributed by atoms with E-state index in [-0.39, 0.29) is 12.1 Å². The zero-order valence-corrected chi connectivity index (χ0v) is 9.38. The van der Waals surface area contributed by atoms with Crippen LogP contribution in [0.25, 0.3) is 0 Å². The monoisotopic (exact) mass is 231 g/mol. The van der Waals surface area contributed by atoms with E-state index in [1.807, 2.05) is 37.3 Å². The first-order valence-corrected chi connectivity index (χ1v) is 5.29. The van der Waals surface area contributed by atoms with Crippen molar-refractivity contribution in [3.05, 3.63) is 48.2 Å². The number of nitrogens with zero attached hydrogens (tertiary/aromatic N) is 1. The topological polar surface area (TPSA) is 67.2 Å². The average Bonchev–Trinajstić information content (AvgIpc) is 2.82. The van der Waals surface area contributed by atoms with Crippen LogP contribution in [0.5, 0.6) is 0 Å². The summed E-state index contributed by atoms with van der Waals surface area (Å²) in [6, 6.07) is 10.9. The van der Waals surface area contributed by atoms with E-state index in [2.05, 4.69) is 15.8 Å². The molecule has 0 spiro atoms. The molecule has 2 aromatic rings. The molecule has 0 saturated carbocycles. The van der Waals surface area contributed by atoms with Crippen molar-refractivity contribution >= 4 is 11.9 Å². The lowest BCUT2D eigenvalue weighted by Crippen LogP contribution is -2.30. The molecule has 0 aliphatic heterocycles. The Kier molecular flexibility index (Phi) is 3.40. The standard InChI is InChI=1S/C12H13N3O2/c1-9(10-5-3-2-4-6-10)14-12(16)15-11-7-8-13-17-11/h2-9H,1H3,(H2,14,15,16). The van der Waals surface area contributed by atoms with Crippen LogP contribution in [0.15, 0.2) is 47.1 Å². The molecule has 1 unspecified atom stereocenters. The van der Waals surface area contributed by atoms with E-state index in [1.165, 1.54) is 6.20 Å². The third kappa shape index (κ3) is 3.07. The minimum Gasteiger partial charge on any atom is -0.338 e. The molecule has 17 heavy (non-hydrogen) atoms. The molecular formula is C12H13N3O2. The van der Waals surface area contributed by atoms with E-state index in [4.69, 9.17) is 4.52 Å². The lowest BCUT2D eigenvalue weighted by Gasteiger charge is -2.13. The maximum absolute atomic E-state index is 11.6. The van der Waals surface area contributed by atoms with E-state index in [9.17, 15) is 4.79 Å². The van der Waals surface area contributed by atoms with Crippen LogP contribution < -0.4 is 10.6 Å². The minimum absolute atomic E-state index is 0.0703. The van der Waals surface area contributed by atoms with Gasteiger partial charge in [-0.1, -0.05) is 35.5 Å². The second-order valence-electron chi connectivity index (χ2n) is 3.61. The van der Waals surface area contributed by atoms with Gasteiger partial charge >= 0.3 is 6.03 Å². The highest BCUT2D eigenvalue weighted by Gasteiger charge is 2.09. The number of aromatic nitrogens is 1. The number of amides is 2. The molecular weight excluding hydrogens is 218 g/mol. The van der Waals surface area contributed by atoms with Gasteiger partial charge in [-0.3, -0.25) is 5.32 Å². The highest BCUT2D eigenvalue weighted by Crippen LogP contribution is 2.11. The van der Waals surface area contributed by atoms with Crippen molar-refractivity contribution in [3.63, 3.8) is 0 Å². The van der Waals surface area contributed by atoms with Gasteiger partial charge in [-0.2, -0.15) is 0 Å². The molecule has 1 aromatic carbocycles. The average molecular weight is 231 g/mol. The highest BCUT2D eigenvalue weighted by atomic mass is 16.5. The zero-order chi connectivity index (χ0) is 12.1. The summed E-state index contributed by atoms with van der Waals surface area (Å²) in [5.41, 5.74) is 1.04. The number of urea groups is 1. The summed E-state index contributed by atoms with van der Waals surface area (Å²) in [5, 5.41) is 8.84. The lowest BCUT2D eigenvalue weighted by atomic mass is 10.1. The molecule has 1 atom stereocenters. The van der Waals surface area contributed by atoms with Gasteiger partial charge in [0.15, 0.2) is 0 Å². The summed E-state index contributed by atoms with van der Waals surface area (Å²) < 4.78 is 4.77. The van der Waals surface area contributed by atoms with Gasteiger partial charge in [0.2, 0.25) is 5.88 Å². The van der Waals surface area contributed by atoms with Crippen LogP contribution in [0.3, 0.4) is 0 Å². The quantitative estimate of drug-likeness (QED) is 0.853. The first-order chi connectivity index (χ1) is 8.25. The molecule has 0 aliphatic carbocycles. The fourth-order valence-corrected chi connectivity index (χ4v) is 1.45. The van der Waals surface area contributed by atoms with E-state index < -0.39 is 0 Å².